The monoisotopic (exact) mass is 410 g/mol. The van der Waals surface area contributed by atoms with E-state index in [9.17, 15) is 9.59 Å². The average molecular weight is 411 g/mol. The molecule has 2 amide bonds. The lowest BCUT2D eigenvalue weighted by Gasteiger charge is -2.33. The summed E-state index contributed by atoms with van der Waals surface area (Å²) in [7, 11) is 0. The van der Waals surface area contributed by atoms with Gasteiger partial charge in [0.05, 0.1) is 6.04 Å². The largest absolute Gasteiger partial charge is 0.444 e. The fourth-order valence-electron chi connectivity index (χ4n) is 2.89. The van der Waals surface area contributed by atoms with Crippen LogP contribution in [0.1, 0.15) is 52.1 Å². The molecule has 0 aromatic heterocycles. The van der Waals surface area contributed by atoms with Crippen molar-refractivity contribution in [2.75, 3.05) is 13.1 Å². The van der Waals surface area contributed by atoms with Crippen LogP contribution in [0.4, 0.5) is 4.79 Å². The van der Waals surface area contributed by atoms with Gasteiger partial charge in [0.15, 0.2) is 0 Å². The summed E-state index contributed by atoms with van der Waals surface area (Å²) in [5.41, 5.74) is 0.561. The summed E-state index contributed by atoms with van der Waals surface area (Å²) in [5, 5.41) is 3.09. The lowest BCUT2D eigenvalue weighted by atomic mass is 9.95. The SMILES string of the molecule is C[C@H](NC(=O)C1CCN(C(=O)OC(C)(C)C)CC1)c1ccccc1Br. The molecule has 0 spiro atoms. The van der Waals surface area contributed by atoms with Crippen molar-refractivity contribution in [1.29, 1.82) is 0 Å². The molecule has 1 fully saturated rings. The molecule has 6 heteroatoms. The van der Waals surface area contributed by atoms with Gasteiger partial charge >= 0.3 is 6.09 Å². The fourth-order valence-corrected chi connectivity index (χ4v) is 3.51. The number of nitrogens with zero attached hydrogens (tertiary/aromatic N) is 1. The number of rotatable bonds is 3. The summed E-state index contributed by atoms with van der Waals surface area (Å²) in [4.78, 5) is 26.3. The second-order valence-corrected chi connectivity index (χ2v) is 8.35. The summed E-state index contributed by atoms with van der Waals surface area (Å²) in [6.45, 7) is 8.65. The molecule has 1 heterocycles. The van der Waals surface area contributed by atoms with Crippen molar-refractivity contribution >= 4 is 27.9 Å². The quantitative estimate of drug-likeness (QED) is 0.808. The minimum absolute atomic E-state index is 0.0482. The molecule has 2 rings (SSSR count). The molecule has 138 valence electrons. The maximum absolute atomic E-state index is 12.5. The first-order valence-electron chi connectivity index (χ1n) is 8.70. The number of hydrogen-bond acceptors (Lipinski definition) is 3. The van der Waals surface area contributed by atoms with Gasteiger partial charge in [0, 0.05) is 23.5 Å². The lowest BCUT2D eigenvalue weighted by molar-refractivity contribution is -0.127. The highest BCUT2D eigenvalue weighted by Gasteiger charge is 2.30. The number of piperidine rings is 1. The Balaban J connectivity index is 1.85. The number of likely N-dealkylation sites (tertiary alicyclic amines) is 1. The number of amides is 2. The van der Waals surface area contributed by atoms with Crippen LogP contribution in [0, 0.1) is 5.92 Å². The van der Waals surface area contributed by atoms with Gasteiger partial charge in [0.1, 0.15) is 5.60 Å². The number of halogens is 1. The minimum Gasteiger partial charge on any atom is -0.444 e. The molecule has 1 aromatic carbocycles. The maximum atomic E-state index is 12.5. The van der Waals surface area contributed by atoms with E-state index < -0.39 is 5.60 Å². The zero-order chi connectivity index (χ0) is 18.6. The fraction of sp³-hybridized carbons (Fsp3) is 0.579. The van der Waals surface area contributed by atoms with Crippen molar-refractivity contribution in [1.82, 2.24) is 10.2 Å². The number of carbonyl (C=O) groups excluding carboxylic acids is 2. The van der Waals surface area contributed by atoms with Gasteiger partial charge in [0.25, 0.3) is 0 Å². The van der Waals surface area contributed by atoms with E-state index in [1.54, 1.807) is 4.90 Å². The normalized spacial score (nSPS) is 17.1. The minimum atomic E-state index is -0.496. The third-order valence-electron chi connectivity index (χ3n) is 4.25. The zero-order valence-corrected chi connectivity index (χ0v) is 16.9. The summed E-state index contributed by atoms with van der Waals surface area (Å²) >= 11 is 3.52. The smallest absolute Gasteiger partial charge is 0.410 e. The third kappa shape index (κ3) is 5.73. The van der Waals surface area contributed by atoms with Gasteiger partial charge < -0.3 is 15.0 Å². The van der Waals surface area contributed by atoms with Gasteiger partial charge in [-0.1, -0.05) is 34.1 Å². The van der Waals surface area contributed by atoms with Gasteiger partial charge in [-0.05, 0) is 52.2 Å². The molecule has 1 N–H and O–H groups in total. The van der Waals surface area contributed by atoms with Crippen LogP contribution in [0.2, 0.25) is 0 Å². The predicted molar refractivity (Wildman–Crippen MR) is 101 cm³/mol. The molecule has 1 aliphatic heterocycles. The molecular formula is C19H27BrN2O3. The summed E-state index contributed by atoms with van der Waals surface area (Å²) in [6.07, 6.45) is 1.02. The van der Waals surface area contributed by atoms with Crippen LogP contribution in [-0.4, -0.2) is 35.6 Å². The van der Waals surface area contributed by atoms with Crippen LogP contribution in [-0.2, 0) is 9.53 Å². The van der Waals surface area contributed by atoms with Crippen LogP contribution >= 0.6 is 15.9 Å². The van der Waals surface area contributed by atoms with E-state index in [0.717, 1.165) is 10.0 Å². The summed E-state index contributed by atoms with van der Waals surface area (Å²) in [6, 6.07) is 7.82. The topological polar surface area (TPSA) is 58.6 Å². The van der Waals surface area contributed by atoms with Crippen molar-refractivity contribution < 1.29 is 14.3 Å². The molecule has 1 aliphatic rings. The van der Waals surface area contributed by atoms with E-state index in [4.69, 9.17) is 4.74 Å². The van der Waals surface area contributed by atoms with Crippen molar-refractivity contribution in [3.63, 3.8) is 0 Å². The summed E-state index contributed by atoms with van der Waals surface area (Å²) < 4.78 is 6.38. The molecule has 25 heavy (non-hydrogen) atoms. The standard InChI is InChI=1S/C19H27BrN2O3/c1-13(15-7-5-6-8-16(15)20)21-17(23)14-9-11-22(12-10-14)18(24)25-19(2,3)4/h5-8,13-14H,9-12H2,1-4H3,(H,21,23)/t13-/m0/s1. The summed E-state index contributed by atoms with van der Waals surface area (Å²) in [5.74, 6) is -0.0179. The lowest BCUT2D eigenvalue weighted by Crippen LogP contribution is -2.45. The van der Waals surface area contributed by atoms with Crippen LogP contribution in [0.5, 0.6) is 0 Å². The molecule has 1 aromatic rings. The van der Waals surface area contributed by atoms with Gasteiger partial charge in [0.2, 0.25) is 5.91 Å². The zero-order valence-electron chi connectivity index (χ0n) is 15.3. The van der Waals surface area contributed by atoms with E-state index in [2.05, 4.69) is 21.2 Å². The Hall–Kier alpha value is -1.56. The van der Waals surface area contributed by atoms with Crippen molar-refractivity contribution in [2.24, 2.45) is 5.92 Å². The number of nitrogens with one attached hydrogen (secondary N) is 1. The number of benzene rings is 1. The van der Waals surface area contributed by atoms with Crippen LogP contribution in [0.15, 0.2) is 28.7 Å². The molecule has 5 nitrogen and oxygen atoms in total. The van der Waals surface area contributed by atoms with Crippen molar-refractivity contribution in [2.45, 2.75) is 52.2 Å². The molecule has 0 unspecified atom stereocenters. The van der Waals surface area contributed by atoms with Gasteiger partial charge in [-0.2, -0.15) is 0 Å². The van der Waals surface area contributed by atoms with E-state index in [0.29, 0.717) is 25.9 Å². The average Bonchev–Trinajstić information content (AvgIpc) is 2.53. The van der Waals surface area contributed by atoms with Crippen molar-refractivity contribution in [3.8, 4) is 0 Å². The van der Waals surface area contributed by atoms with Crippen molar-refractivity contribution in [3.05, 3.63) is 34.3 Å². The maximum Gasteiger partial charge on any atom is 0.410 e. The van der Waals surface area contributed by atoms with E-state index in [1.807, 2.05) is 52.0 Å². The second-order valence-electron chi connectivity index (χ2n) is 7.49. The second kappa shape index (κ2) is 8.21. The molecule has 0 radical (unpaired) electrons. The Bertz CT molecular complexity index is 619. The first-order valence-corrected chi connectivity index (χ1v) is 9.49. The van der Waals surface area contributed by atoms with Crippen LogP contribution in [0.25, 0.3) is 0 Å². The Morgan fingerprint density at radius 2 is 1.84 bits per heavy atom. The Labute approximate surface area is 158 Å². The molecule has 1 atom stereocenters. The van der Waals surface area contributed by atoms with E-state index in [-0.39, 0.29) is 24.0 Å². The van der Waals surface area contributed by atoms with E-state index >= 15 is 0 Å². The molecule has 0 bridgehead atoms. The van der Waals surface area contributed by atoms with Crippen LogP contribution in [0.3, 0.4) is 0 Å². The first-order chi connectivity index (χ1) is 11.7. The number of carbonyl (C=O) groups is 2. The Morgan fingerprint density at radius 3 is 2.40 bits per heavy atom. The van der Waals surface area contributed by atoms with E-state index in [1.165, 1.54) is 0 Å². The third-order valence-corrected chi connectivity index (χ3v) is 4.97. The van der Waals surface area contributed by atoms with Crippen LogP contribution < -0.4 is 5.32 Å². The highest BCUT2D eigenvalue weighted by Crippen LogP contribution is 2.25. The molecule has 0 aliphatic carbocycles. The molecular weight excluding hydrogens is 384 g/mol. The Kier molecular flexibility index (Phi) is 6.49. The van der Waals surface area contributed by atoms with Gasteiger partial charge in [-0.3, -0.25) is 4.79 Å². The predicted octanol–water partition coefficient (Wildman–Crippen LogP) is 4.27. The highest BCUT2D eigenvalue weighted by molar-refractivity contribution is 9.10. The first kappa shape index (κ1) is 19.8. The number of ether oxygens (including phenoxy) is 1. The molecule has 1 saturated heterocycles. The van der Waals surface area contributed by atoms with Gasteiger partial charge in [-0.15, -0.1) is 0 Å². The Morgan fingerprint density at radius 1 is 1.24 bits per heavy atom. The number of hydrogen-bond donors (Lipinski definition) is 1. The van der Waals surface area contributed by atoms with Gasteiger partial charge in [-0.25, -0.2) is 4.79 Å². The molecule has 0 saturated carbocycles. The highest BCUT2D eigenvalue weighted by atomic mass is 79.9.